The van der Waals surface area contributed by atoms with Crippen molar-refractivity contribution in [3.05, 3.63) is 0 Å². The third-order valence-electron chi connectivity index (χ3n) is 4.36. The molecule has 2 rings (SSSR count). The number of likely N-dealkylation sites (tertiary alicyclic amines) is 1. The first-order valence-corrected chi connectivity index (χ1v) is 7.99. The highest BCUT2D eigenvalue weighted by atomic mass is 16.5. The molecule has 6 heteroatoms. The lowest BCUT2D eigenvalue weighted by atomic mass is 10.00. The van der Waals surface area contributed by atoms with Crippen LogP contribution in [0, 0.1) is 0 Å². The van der Waals surface area contributed by atoms with Gasteiger partial charge in [0.15, 0.2) is 0 Å². The monoisotopic (exact) mass is 298 g/mol. The van der Waals surface area contributed by atoms with Gasteiger partial charge >= 0.3 is 5.97 Å². The molecule has 0 aliphatic carbocycles. The van der Waals surface area contributed by atoms with E-state index in [0.29, 0.717) is 25.6 Å². The van der Waals surface area contributed by atoms with Crippen LogP contribution in [-0.4, -0.2) is 60.3 Å². The van der Waals surface area contributed by atoms with Crippen LogP contribution in [0.4, 0.5) is 0 Å². The number of rotatable bonds is 6. The Bertz CT molecular complexity index is 348. The number of amides is 1. The first kappa shape index (κ1) is 16.2. The van der Waals surface area contributed by atoms with Crippen LogP contribution in [0.25, 0.3) is 0 Å². The Kier molecular flexibility index (Phi) is 6.45. The molecule has 2 aliphatic rings. The summed E-state index contributed by atoms with van der Waals surface area (Å²) in [6.07, 6.45) is 6.67. The number of aliphatic carboxylic acids is 1. The molecule has 2 fully saturated rings. The van der Waals surface area contributed by atoms with Gasteiger partial charge < -0.3 is 20.1 Å². The molecule has 120 valence electrons. The van der Waals surface area contributed by atoms with Gasteiger partial charge in [-0.25, -0.2) is 4.79 Å². The van der Waals surface area contributed by atoms with Gasteiger partial charge in [0, 0.05) is 25.6 Å². The second-order valence-corrected chi connectivity index (χ2v) is 5.97. The molecular weight excluding hydrogens is 272 g/mol. The quantitative estimate of drug-likeness (QED) is 0.765. The Morgan fingerprint density at radius 1 is 1.19 bits per heavy atom. The molecule has 0 spiro atoms. The summed E-state index contributed by atoms with van der Waals surface area (Å²) in [4.78, 5) is 24.5. The SMILES string of the molecule is O=C(O)COC1CCN(C(=O)CCC2CCCCN2)CC1. The van der Waals surface area contributed by atoms with Gasteiger partial charge in [-0.15, -0.1) is 0 Å². The van der Waals surface area contributed by atoms with Gasteiger partial charge in [0.2, 0.25) is 5.91 Å². The lowest BCUT2D eigenvalue weighted by molar-refractivity contribution is -0.146. The molecule has 2 heterocycles. The molecule has 6 nitrogen and oxygen atoms in total. The molecular formula is C15H26N2O4. The summed E-state index contributed by atoms with van der Waals surface area (Å²) in [7, 11) is 0. The van der Waals surface area contributed by atoms with Gasteiger partial charge in [-0.3, -0.25) is 4.79 Å². The fraction of sp³-hybridized carbons (Fsp3) is 0.867. The minimum absolute atomic E-state index is 0.0230. The van der Waals surface area contributed by atoms with Crippen LogP contribution in [0.3, 0.4) is 0 Å². The van der Waals surface area contributed by atoms with Gasteiger partial charge in [0.05, 0.1) is 6.10 Å². The third kappa shape index (κ3) is 5.63. The Hall–Kier alpha value is -1.14. The van der Waals surface area contributed by atoms with E-state index in [1.165, 1.54) is 19.3 Å². The van der Waals surface area contributed by atoms with E-state index < -0.39 is 5.97 Å². The van der Waals surface area contributed by atoms with Crippen molar-refractivity contribution in [3.8, 4) is 0 Å². The predicted molar refractivity (Wildman–Crippen MR) is 78.1 cm³/mol. The molecule has 1 unspecified atom stereocenters. The predicted octanol–water partition coefficient (Wildman–Crippen LogP) is 1.00. The number of hydrogen-bond acceptors (Lipinski definition) is 4. The average Bonchev–Trinajstić information content (AvgIpc) is 2.52. The Morgan fingerprint density at radius 3 is 2.57 bits per heavy atom. The highest BCUT2D eigenvalue weighted by molar-refractivity contribution is 5.76. The van der Waals surface area contributed by atoms with Gasteiger partial charge in [-0.2, -0.15) is 0 Å². The summed E-state index contributed by atoms with van der Waals surface area (Å²) in [5.74, 6) is -0.715. The molecule has 2 saturated heterocycles. The van der Waals surface area contributed by atoms with Crippen LogP contribution in [0.5, 0.6) is 0 Å². The van der Waals surface area contributed by atoms with Crippen molar-refractivity contribution in [2.24, 2.45) is 0 Å². The number of nitrogens with zero attached hydrogens (tertiary/aromatic N) is 1. The Labute approximate surface area is 125 Å². The molecule has 0 aromatic carbocycles. The van der Waals surface area contributed by atoms with Gasteiger partial charge in [-0.1, -0.05) is 6.42 Å². The molecule has 21 heavy (non-hydrogen) atoms. The number of piperidine rings is 2. The number of nitrogens with one attached hydrogen (secondary N) is 1. The second-order valence-electron chi connectivity index (χ2n) is 5.97. The zero-order chi connectivity index (χ0) is 15.1. The van der Waals surface area contributed by atoms with E-state index in [1.54, 1.807) is 0 Å². The summed E-state index contributed by atoms with van der Waals surface area (Å²) >= 11 is 0. The lowest BCUT2D eigenvalue weighted by Gasteiger charge is -2.32. The van der Waals surface area contributed by atoms with Crippen LogP contribution >= 0.6 is 0 Å². The van der Waals surface area contributed by atoms with Crippen molar-refractivity contribution in [1.82, 2.24) is 10.2 Å². The van der Waals surface area contributed by atoms with Crippen molar-refractivity contribution in [2.45, 2.75) is 57.1 Å². The van der Waals surface area contributed by atoms with Crippen molar-refractivity contribution in [1.29, 1.82) is 0 Å². The van der Waals surface area contributed by atoms with E-state index in [-0.39, 0.29) is 18.6 Å². The summed E-state index contributed by atoms with van der Waals surface area (Å²) < 4.78 is 5.28. The number of hydrogen-bond donors (Lipinski definition) is 2. The fourth-order valence-electron chi connectivity index (χ4n) is 3.09. The smallest absolute Gasteiger partial charge is 0.329 e. The number of carbonyl (C=O) groups is 2. The van der Waals surface area contributed by atoms with Crippen molar-refractivity contribution >= 4 is 11.9 Å². The standard InChI is InChI=1S/C15H26N2O4/c18-14(5-4-12-3-1-2-8-16-12)17-9-6-13(7-10-17)21-11-15(19)20/h12-13,16H,1-11H2,(H,19,20). The van der Waals surface area contributed by atoms with Gasteiger partial charge in [0.25, 0.3) is 0 Å². The molecule has 2 N–H and O–H groups in total. The van der Waals surface area contributed by atoms with Crippen LogP contribution in [0.1, 0.15) is 44.9 Å². The zero-order valence-corrected chi connectivity index (χ0v) is 12.6. The second kappa shape index (κ2) is 8.34. The molecule has 1 atom stereocenters. The molecule has 2 aliphatic heterocycles. The van der Waals surface area contributed by atoms with Crippen LogP contribution in [-0.2, 0) is 14.3 Å². The highest BCUT2D eigenvalue weighted by Crippen LogP contribution is 2.17. The van der Waals surface area contributed by atoms with Gasteiger partial charge in [0.1, 0.15) is 6.61 Å². The molecule has 0 radical (unpaired) electrons. The summed E-state index contributed by atoms with van der Waals surface area (Å²) in [6.45, 7) is 2.19. The number of ether oxygens (including phenoxy) is 1. The highest BCUT2D eigenvalue weighted by Gasteiger charge is 2.24. The molecule has 0 bridgehead atoms. The summed E-state index contributed by atoms with van der Waals surface area (Å²) in [5.41, 5.74) is 0. The maximum Gasteiger partial charge on any atom is 0.329 e. The summed E-state index contributed by atoms with van der Waals surface area (Å²) in [5, 5.41) is 12.0. The van der Waals surface area contributed by atoms with E-state index >= 15 is 0 Å². The summed E-state index contributed by atoms with van der Waals surface area (Å²) in [6, 6.07) is 0.499. The lowest BCUT2D eigenvalue weighted by Crippen LogP contribution is -2.42. The van der Waals surface area contributed by atoms with Crippen LogP contribution in [0.15, 0.2) is 0 Å². The molecule has 1 amide bonds. The van der Waals surface area contributed by atoms with E-state index in [9.17, 15) is 9.59 Å². The Balaban J connectivity index is 1.62. The van der Waals surface area contributed by atoms with Gasteiger partial charge in [-0.05, 0) is 38.6 Å². The number of carbonyl (C=O) groups excluding carboxylic acids is 1. The van der Waals surface area contributed by atoms with Crippen molar-refractivity contribution in [2.75, 3.05) is 26.2 Å². The average molecular weight is 298 g/mol. The normalized spacial score (nSPS) is 24.0. The first-order chi connectivity index (χ1) is 10.1. The maximum atomic E-state index is 12.2. The minimum Gasteiger partial charge on any atom is -0.480 e. The largest absolute Gasteiger partial charge is 0.480 e. The number of carboxylic acid groups (broad SMARTS) is 1. The topological polar surface area (TPSA) is 78.9 Å². The first-order valence-electron chi connectivity index (χ1n) is 7.99. The zero-order valence-electron chi connectivity index (χ0n) is 12.6. The third-order valence-corrected chi connectivity index (χ3v) is 4.36. The maximum absolute atomic E-state index is 12.2. The Morgan fingerprint density at radius 2 is 1.95 bits per heavy atom. The number of carboxylic acids is 1. The van der Waals surface area contributed by atoms with Crippen molar-refractivity contribution in [3.63, 3.8) is 0 Å². The van der Waals surface area contributed by atoms with Crippen LogP contribution in [0.2, 0.25) is 0 Å². The van der Waals surface area contributed by atoms with E-state index in [4.69, 9.17) is 9.84 Å². The van der Waals surface area contributed by atoms with Crippen molar-refractivity contribution < 1.29 is 19.4 Å². The molecule has 0 aromatic rings. The fourth-order valence-corrected chi connectivity index (χ4v) is 3.09. The van der Waals surface area contributed by atoms with Crippen LogP contribution < -0.4 is 5.32 Å². The molecule has 0 aromatic heterocycles. The van der Waals surface area contributed by atoms with E-state index in [0.717, 1.165) is 25.8 Å². The molecule has 0 saturated carbocycles. The minimum atomic E-state index is -0.937. The van der Waals surface area contributed by atoms with E-state index in [2.05, 4.69) is 5.32 Å². The van der Waals surface area contributed by atoms with E-state index in [1.807, 2.05) is 4.90 Å².